The second-order valence-corrected chi connectivity index (χ2v) is 5.19. The lowest BCUT2D eigenvalue weighted by atomic mass is 10.2. The van der Waals surface area contributed by atoms with Gasteiger partial charge in [0.05, 0.1) is 15.6 Å². The molecule has 110 valence electrons. The van der Waals surface area contributed by atoms with Crippen LogP contribution in [0.4, 0.5) is 11.5 Å². The van der Waals surface area contributed by atoms with E-state index in [0.717, 1.165) is 17.9 Å². The number of nitrogens with one attached hydrogen (secondary N) is 1. The van der Waals surface area contributed by atoms with E-state index in [4.69, 9.17) is 0 Å². The van der Waals surface area contributed by atoms with E-state index in [9.17, 15) is 14.9 Å². The summed E-state index contributed by atoms with van der Waals surface area (Å²) in [5.74, 6) is 0.772. The molecule has 8 heteroatoms. The highest BCUT2D eigenvalue weighted by Gasteiger charge is 2.15. The fraction of sp³-hybridized carbons (Fsp3) is 0.231. The van der Waals surface area contributed by atoms with Crippen LogP contribution in [0.2, 0.25) is 0 Å². The molecule has 0 unspecified atom stereocenters. The van der Waals surface area contributed by atoms with Crippen molar-refractivity contribution < 1.29 is 4.92 Å². The van der Waals surface area contributed by atoms with E-state index in [0.29, 0.717) is 6.54 Å². The molecule has 2 heterocycles. The van der Waals surface area contributed by atoms with Crippen molar-refractivity contribution in [3.8, 4) is 0 Å². The molecule has 0 fully saturated rings. The van der Waals surface area contributed by atoms with Crippen LogP contribution in [0.1, 0.15) is 12.5 Å². The van der Waals surface area contributed by atoms with Crippen molar-refractivity contribution in [3.63, 3.8) is 0 Å². The predicted molar refractivity (Wildman–Crippen MR) is 82.6 cm³/mol. The second kappa shape index (κ2) is 6.49. The molecule has 0 amide bonds. The fourth-order valence-electron chi connectivity index (χ4n) is 1.82. The Balaban J connectivity index is 2.27. The van der Waals surface area contributed by atoms with Crippen LogP contribution in [0.15, 0.2) is 40.0 Å². The lowest BCUT2D eigenvalue weighted by molar-refractivity contribution is -0.386. The van der Waals surface area contributed by atoms with E-state index in [2.05, 4.69) is 26.2 Å². The molecule has 0 atom stereocenters. The first-order valence-electron chi connectivity index (χ1n) is 6.24. The molecular weight excluding hydrogens is 340 g/mol. The van der Waals surface area contributed by atoms with E-state index in [1.165, 1.54) is 12.4 Å². The number of rotatable bonds is 5. The highest BCUT2D eigenvalue weighted by Crippen LogP contribution is 2.13. The van der Waals surface area contributed by atoms with Crippen LogP contribution in [0.5, 0.6) is 0 Å². The van der Waals surface area contributed by atoms with Gasteiger partial charge in [-0.25, -0.2) is 4.98 Å². The van der Waals surface area contributed by atoms with Gasteiger partial charge in [-0.15, -0.1) is 0 Å². The molecule has 0 aromatic carbocycles. The minimum absolute atomic E-state index is 0.161. The van der Waals surface area contributed by atoms with Gasteiger partial charge >= 0.3 is 5.69 Å². The molecule has 0 bridgehead atoms. The van der Waals surface area contributed by atoms with Gasteiger partial charge in [0.2, 0.25) is 0 Å². The number of anilines is 1. The molecule has 0 saturated heterocycles. The molecule has 1 N–H and O–H groups in total. The van der Waals surface area contributed by atoms with Gasteiger partial charge in [0.1, 0.15) is 5.82 Å². The van der Waals surface area contributed by atoms with Crippen molar-refractivity contribution in [1.29, 1.82) is 0 Å². The third-order valence-corrected chi connectivity index (χ3v) is 3.33. The number of pyridine rings is 2. The lowest BCUT2D eigenvalue weighted by Crippen LogP contribution is -2.13. The number of halogens is 1. The zero-order valence-corrected chi connectivity index (χ0v) is 12.8. The Morgan fingerprint density at radius 3 is 2.76 bits per heavy atom. The summed E-state index contributed by atoms with van der Waals surface area (Å²) < 4.78 is 1.74. The fourth-order valence-corrected chi connectivity index (χ4v) is 2.28. The molecule has 7 nitrogen and oxygen atoms in total. The standard InChI is InChI=1S/C13H13BrN4O3/c1-2-15-12-4-3-9(5-16-12)6-17-7-10(14)13(19)11(8-17)18(20)21/h3-5,7-8H,2,6H2,1H3,(H,15,16). The summed E-state index contributed by atoms with van der Waals surface area (Å²) in [6.07, 6.45) is 4.44. The Labute approximate surface area is 128 Å². The van der Waals surface area contributed by atoms with Crippen molar-refractivity contribution in [2.24, 2.45) is 0 Å². The van der Waals surface area contributed by atoms with E-state index >= 15 is 0 Å². The predicted octanol–water partition coefficient (Wildman–Crippen LogP) is 2.39. The zero-order valence-electron chi connectivity index (χ0n) is 11.2. The first kappa shape index (κ1) is 15.2. The van der Waals surface area contributed by atoms with Crippen molar-refractivity contribution in [2.45, 2.75) is 13.5 Å². The molecule has 2 aromatic heterocycles. The average molecular weight is 353 g/mol. The maximum atomic E-state index is 11.6. The highest BCUT2D eigenvalue weighted by atomic mass is 79.9. The molecule has 0 radical (unpaired) electrons. The number of nitro groups is 1. The van der Waals surface area contributed by atoms with Gasteiger partial charge < -0.3 is 9.88 Å². The van der Waals surface area contributed by atoms with Gasteiger partial charge in [0.25, 0.3) is 5.43 Å². The van der Waals surface area contributed by atoms with Gasteiger partial charge in [0, 0.05) is 25.5 Å². The van der Waals surface area contributed by atoms with Crippen LogP contribution >= 0.6 is 15.9 Å². The zero-order chi connectivity index (χ0) is 15.4. The van der Waals surface area contributed by atoms with E-state index in [-0.39, 0.29) is 4.47 Å². The minimum Gasteiger partial charge on any atom is -0.370 e. The number of hydrogen-bond donors (Lipinski definition) is 1. The summed E-state index contributed by atoms with van der Waals surface area (Å²) >= 11 is 3.05. The normalized spacial score (nSPS) is 10.4. The van der Waals surface area contributed by atoms with Gasteiger partial charge in [-0.05, 0) is 34.5 Å². The molecule has 2 rings (SSSR count). The van der Waals surface area contributed by atoms with Crippen molar-refractivity contribution in [1.82, 2.24) is 9.55 Å². The monoisotopic (exact) mass is 352 g/mol. The van der Waals surface area contributed by atoms with Gasteiger partial charge in [-0.3, -0.25) is 14.9 Å². The SMILES string of the molecule is CCNc1ccc(Cn2cc(Br)c(=O)c([N+](=O)[O-])c2)cn1. The van der Waals surface area contributed by atoms with Crippen molar-refractivity contribution >= 4 is 27.4 Å². The van der Waals surface area contributed by atoms with Crippen LogP contribution in [-0.2, 0) is 6.54 Å². The smallest absolute Gasteiger partial charge is 0.333 e. The number of nitrogens with zero attached hydrogens (tertiary/aromatic N) is 3. The molecule has 21 heavy (non-hydrogen) atoms. The molecular formula is C13H13BrN4O3. The molecule has 0 spiro atoms. The largest absolute Gasteiger partial charge is 0.370 e. The maximum absolute atomic E-state index is 11.6. The first-order valence-corrected chi connectivity index (χ1v) is 7.03. The summed E-state index contributed by atoms with van der Waals surface area (Å²) in [5, 5.41) is 13.9. The van der Waals surface area contributed by atoms with Crippen LogP contribution in [0, 0.1) is 10.1 Å². The average Bonchev–Trinajstić information content (AvgIpc) is 2.45. The Bertz CT molecular complexity index is 712. The van der Waals surface area contributed by atoms with Crippen molar-refractivity contribution in [2.75, 3.05) is 11.9 Å². The first-order chi connectivity index (χ1) is 10.0. The van der Waals surface area contributed by atoms with E-state index in [1.807, 2.05) is 19.1 Å². The summed E-state index contributed by atoms with van der Waals surface area (Å²) in [4.78, 5) is 26.0. The van der Waals surface area contributed by atoms with E-state index < -0.39 is 16.0 Å². The summed E-state index contributed by atoms with van der Waals surface area (Å²) in [6, 6.07) is 3.72. The van der Waals surface area contributed by atoms with Crippen LogP contribution in [0.25, 0.3) is 0 Å². The second-order valence-electron chi connectivity index (χ2n) is 4.33. The molecule has 2 aromatic rings. The third-order valence-electron chi connectivity index (χ3n) is 2.76. The Hall–Kier alpha value is -2.22. The molecule has 0 aliphatic rings. The number of aromatic nitrogens is 2. The minimum atomic E-state index is -0.684. The quantitative estimate of drug-likeness (QED) is 0.659. The third kappa shape index (κ3) is 3.66. The maximum Gasteiger partial charge on any atom is 0.333 e. The summed E-state index contributed by atoms with van der Waals surface area (Å²) in [5.41, 5.74) is -0.208. The molecule has 0 saturated carbocycles. The number of hydrogen-bond acceptors (Lipinski definition) is 5. The van der Waals surface area contributed by atoms with Crippen LogP contribution < -0.4 is 10.7 Å². The highest BCUT2D eigenvalue weighted by molar-refractivity contribution is 9.10. The van der Waals surface area contributed by atoms with Gasteiger partial charge in [-0.1, -0.05) is 6.07 Å². The van der Waals surface area contributed by atoms with Gasteiger partial charge in [0.15, 0.2) is 0 Å². The Kier molecular flexibility index (Phi) is 4.69. The molecule has 0 aliphatic carbocycles. The Morgan fingerprint density at radius 1 is 1.43 bits per heavy atom. The van der Waals surface area contributed by atoms with Gasteiger partial charge in [-0.2, -0.15) is 0 Å². The summed E-state index contributed by atoms with van der Waals surface area (Å²) in [6.45, 7) is 3.15. The Morgan fingerprint density at radius 2 is 2.19 bits per heavy atom. The lowest BCUT2D eigenvalue weighted by Gasteiger charge is -2.08. The topological polar surface area (TPSA) is 90.1 Å². The van der Waals surface area contributed by atoms with Crippen molar-refractivity contribution in [3.05, 3.63) is 61.1 Å². The van der Waals surface area contributed by atoms with Crippen LogP contribution in [0.3, 0.4) is 0 Å². The summed E-state index contributed by atoms with van der Waals surface area (Å²) in [7, 11) is 0. The van der Waals surface area contributed by atoms with E-state index in [1.54, 1.807) is 10.8 Å². The molecule has 0 aliphatic heterocycles. The van der Waals surface area contributed by atoms with Crippen LogP contribution in [-0.4, -0.2) is 21.0 Å².